The SMILES string of the molecule is CC1(C)[C@H]2CC=C(C3(N)CC3)[C@@H]1C2. The van der Waals surface area contributed by atoms with Gasteiger partial charge in [0.05, 0.1) is 0 Å². The van der Waals surface area contributed by atoms with Crippen molar-refractivity contribution in [3.8, 4) is 0 Å². The third-order valence-electron chi connectivity index (χ3n) is 4.83. The van der Waals surface area contributed by atoms with Crippen LogP contribution in [-0.2, 0) is 0 Å². The monoisotopic (exact) mass is 177 g/mol. The fourth-order valence-corrected chi connectivity index (χ4v) is 3.33. The molecule has 0 unspecified atom stereocenters. The summed E-state index contributed by atoms with van der Waals surface area (Å²) >= 11 is 0. The quantitative estimate of drug-likeness (QED) is 0.612. The van der Waals surface area contributed by atoms with E-state index in [1.165, 1.54) is 25.7 Å². The van der Waals surface area contributed by atoms with Crippen LogP contribution in [0, 0.1) is 17.3 Å². The van der Waals surface area contributed by atoms with Crippen LogP contribution < -0.4 is 5.73 Å². The molecule has 0 spiro atoms. The van der Waals surface area contributed by atoms with Crippen LogP contribution in [0.3, 0.4) is 0 Å². The molecule has 4 aliphatic carbocycles. The van der Waals surface area contributed by atoms with Gasteiger partial charge in [0.25, 0.3) is 0 Å². The fraction of sp³-hybridized carbons (Fsp3) is 0.833. The standard InChI is InChI=1S/C12H19N/c1-11(2)8-3-4-9(10(11)7-8)12(13)5-6-12/h4,8,10H,3,5-7,13H2,1-2H3/t8-,10-/m0/s1. The van der Waals surface area contributed by atoms with Gasteiger partial charge < -0.3 is 5.73 Å². The molecular weight excluding hydrogens is 158 g/mol. The van der Waals surface area contributed by atoms with Crippen LogP contribution >= 0.6 is 0 Å². The summed E-state index contributed by atoms with van der Waals surface area (Å²) in [5, 5.41) is 0. The summed E-state index contributed by atoms with van der Waals surface area (Å²) in [4.78, 5) is 0. The lowest BCUT2D eigenvalue weighted by Crippen LogP contribution is -2.51. The van der Waals surface area contributed by atoms with Crippen LogP contribution in [0.25, 0.3) is 0 Å². The lowest BCUT2D eigenvalue weighted by atomic mass is 9.48. The first kappa shape index (κ1) is 8.05. The Kier molecular flexibility index (Phi) is 1.26. The van der Waals surface area contributed by atoms with Gasteiger partial charge in [0, 0.05) is 5.54 Å². The number of hydrogen-bond acceptors (Lipinski definition) is 1. The number of allylic oxidation sites excluding steroid dienone is 1. The topological polar surface area (TPSA) is 26.0 Å². The lowest BCUT2D eigenvalue weighted by Gasteiger charge is -2.57. The summed E-state index contributed by atoms with van der Waals surface area (Å²) in [6, 6.07) is 0. The molecule has 13 heavy (non-hydrogen) atoms. The highest BCUT2D eigenvalue weighted by atomic mass is 14.8. The van der Waals surface area contributed by atoms with Crippen LogP contribution in [0.4, 0.5) is 0 Å². The Balaban J connectivity index is 1.94. The predicted octanol–water partition coefficient (Wildman–Crippen LogP) is 2.47. The molecule has 4 aliphatic rings. The molecule has 0 saturated heterocycles. The van der Waals surface area contributed by atoms with Crippen molar-refractivity contribution in [3.05, 3.63) is 11.6 Å². The molecule has 1 nitrogen and oxygen atoms in total. The van der Waals surface area contributed by atoms with E-state index in [1.54, 1.807) is 5.57 Å². The van der Waals surface area contributed by atoms with E-state index >= 15 is 0 Å². The van der Waals surface area contributed by atoms with E-state index in [-0.39, 0.29) is 5.54 Å². The van der Waals surface area contributed by atoms with Crippen molar-refractivity contribution in [1.82, 2.24) is 0 Å². The second-order valence-corrected chi connectivity index (χ2v) is 5.86. The van der Waals surface area contributed by atoms with Crippen LogP contribution in [0.5, 0.6) is 0 Å². The molecule has 2 N–H and O–H groups in total. The zero-order valence-corrected chi connectivity index (χ0v) is 8.64. The summed E-state index contributed by atoms with van der Waals surface area (Å²) < 4.78 is 0. The summed E-state index contributed by atoms with van der Waals surface area (Å²) in [5.41, 5.74) is 8.60. The molecule has 0 radical (unpaired) electrons. The van der Waals surface area contributed by atoms with E-state index in [0.717, 1.165) is 11.8 Å². The maximum atomic E-state index is 6.29. The van der Waals surface area contributed by atoms with E-state index in [4.69, 9.17) is 5.73 Å². The lowest BCUT2D eigenvalue weighted by molar-refractivity contribution is -0.0107. The normalized spacial score (nSPS) is 43.5. The molecule has 2 atom stereocenters. The number of hydrogen-bond donors (Lipinski definition) is 1. The highest BCUT2D eigenvalue weighted by Gasteiger charge is 2.57. The molecular formula is C12H19N. The molecule has 0 aliphatic heterocycles. The summed E-state index contributed by atoms with van der Waals surface area (Å²) in [6.45, 7) is 4.84. The van der Waals surface area contributed by atoms with E-state index in [2.05, 4.69) is 19.9 Å². The van der Waals surface area contributed by atoms with E-state index in [1.807, 2.05) is 0 Å². The molecule has 72 valence electrons. The second kappa shape index (κ2) is 2.03. The van der Waals surface area contributed by atoms with Crippen LogP contribution in [-0.4, -0.2) is 5.54 Å². The maximum absolute atomic E-state index is 6.29. The minimum Gasteiger partial charge on any atom is -0.322 e. The Hall–Kier alpha value is -0.300. The Morgan fingerprint density at radius 2 is 2.08 bits per heavy atom. The zero-order valence-electron chi connectivity index (χ0n) is 8.64. The van der Waals surface area contributed by atoms with Gasteiger partial charge in [-0.25, -0.2) is 0 Å². The molecule has 0 aromatic heterocycles. The summed E-state index contributed by atoms with van der Waals surface area (Å²) in [6.07, 6.45) is 7.62. The number of fused-ring (bicyclic) bond motifs is 1. The molecule has 0 amide bonds. The van der Waals surface area contributed by atoms with Crippen molar-refractivity contribution in [2.45, 2.75) is 45.1 Å². The highest BCUT2D eigenvalue weighted by molar-refractivity contribution is 5.36. The highest BCUT2D eigenvalue weighted by Crippen LogP contribution is 2.63. The average Bonchev–Trinajstić information content (AvgIpc) is 2.85. The smallest absolute Gasteiger partial charge is 0.0373 e. The van der Waals surface area contributed by atoms with Crippen LogP contribution in [0.15, 0.2) is 11.6 Å². The minimum atomic E-state index is 0.146. The van der Waals surface area contributed by atoms with E-state index in [0.29, 0.717) is 5.41 Å². The second-order valence-electron chi connectivity index (χ2n) is 5.86. The largest absolute Gasteiger partial charge is 0.322 e. The fourth-order valence-electron chi connectivity index (χ4n) is 3.33. The summed E-state index contributed by atoms with van der Waals surface area (Å²) in [5.74, 6) is 1.77. The van der Waals surface area contributed by atoms with Gasteiger partial charge in [0.15, 0.2) is 0 Å². The van der Waals surface area contributed by atoms with E-state index in [9.17, 15) is 0 Å². The Labute approximate surface area is 80.4 Å². The van der Waals surface area contributed by atoms with Crippen molar-refractivity contribution >= 4 is 0 Å². The number of nitrogens with two attached hydrogens (primary N) is 1. The van der Waals surface area contributed by atoms with Gasteiger partial charge >= 0.3 is 0 Å². The van der Waals surface area contributed by atoms with Gasteiger partial charge in [-0.2, -0.15) is 0 Å². The maximum Gasteiger partial charge on any atom is 0.0373 e. The first-order chi connectivity index (χ1) is 6.04. The molecule has 0 aromatic carbocycles. The summed E-state index contributed by atoms with van der Waals surface area (Å²) in [7, 11) is 0. The van der Waals surface area contributed by atoms with Gasteiger partial charge in [-0.05, 0) is 42.9 Å². The average molecular weight is 177 g/mol. The van der Waals surface area contributed by atoms with Crippen molar-refractivity contribution in [2.75, 3.05) is 0 Å². The molecule has 1 heteroatoms. The predicted molar refractivity (Wildman–Crippen MR) is 54.2 cm³/mol. The minimum absolute atomic E-state index is 0.146. The molecule has 2 bridgehead atoms. The third-order valence-corrected chi connectivity index (χ3v) is 4.83. The van der Waals surface area contributed by atoms with Crippen molar-refractivity contribution in [1.29, 1.82) is 0 Å². The molecule has 4 rings (SSSR count). The van der Waals surface area contributed by atoms with Gasteiger partial charge in [0.2, 0.25) is 0 Å². The van der Waals surface area contributed by atoms with E-state index < -0.39 is 0 Å². The number of rotatable bonds is 1. The van der Waals surface area contributed by atoms with Gasteiger partial charge in [0.1, 0.15) is 0 Å². The molecule has 2 fully saturated rings. The zero-order chi connectivity index (χ0) is 9.27. The Bertz CT molecular complexity index is 283. The Morgan fingerprint density at radius 3 is 2.54 bits per heavy atom. The Morgan fingerprint density at radius 1 is 1.38 bits per heavy atom. The first-order valence-electron chi connectivity index (χ1n) is 5.53. The van der Waals surface area contributed by atoms with Gasteiger partial charge in [-0.1, -0.05) is 25.5 Å². The third kappa shape index (κ3) is 0.864. The van der Waals surface area contributed by atoms with Crippen molar-refractivity contribution < 1.29 is 0 Å². The van der Waals surface area contributed by atoms with Crippen LogP contribution in [0.1, 0.15) is 39.5 Å². The molecule has 0 aromatic rings. The van der Waals surface area contributed by atoms with Crippen molar-refractivity contribution in [3.63, 3.8) is 0 Å². The van der Waals surface area contributed by atoms with Gasteiger partial charge in [-0.3, -0.25) is 0 Å². The van der Waals surface area contributed by atoms with Gasteiger partial charge in [-0.15, -0.1) is 0 Å². The van der Waals surface area contributed by atoms with Crippen LogP contribution in [0.2, 0.25) is 0 Å². The first-order valence-corrected chi connectivity index (χ1v) is 5.53. The molecule has 0 heterocycles. The van der Waals surface area contributed by atoms with Crippen molar-refractivity contribution in [2.24, 2.45) is 23.0 Å². The molecule has 2 saturated carbocycles.